The third-order valence-electron chi connectivity index (χ3n) is 1.58. The first-order valence-corrected chi connectivity index (χ1v) is 3.27. The van der Waals surface area contributed by atoms with Crippen LogP contribution < -0.4 is 0 Å². The molecule has 58 valence electrons. The van der Waals surface area contributed by atoms with E-state index in [4.69, 9.17) is 10.2 Å². The Bertz CT molecular complexity index is 95.8. The summed E-state index contributed by atoms with van der Waals surface area (Å²) >= 11 is 0. The number of aliphatic hydroxyl groups is 2. The molecule has 0 aromatic heterocycles. The lowest BCUT2D eigenvalue weighted by Crippen LogP contribution is -2.17. The predicted molar refractivity (Wildman–Crippen MR) is 41.5 cm³/mol. The highest BCUT2D eigenvalue weighted by atomic mass is 16.3. The van der Waals surface area contributed by atoms with E-state index >= 15 is 0 Å². The van der Waals surface area contributed by atoms with Gasteiger partial charge in [0.1, 0.15) is 0 Å². The van der Waals surface area contributed by atoms with Crippen molar-refractivity contribution in [3.05, 3.63) is 25.3 Å². The second-order valence-electron chi connectivity index (χ2n) is 2.16. The van der Waals surface area contributed by atoms with Crippen LogP contribution in [0, 0.1) is 11.8 Å². The summed E-state index contributed by atoms with van der Waals surface area (Å²) in [7, 11) is 0. The van der Waals surface area contributed by atoms with Crippen LogP contribution in [0.4, 0.5) is 0 Å². The van der Waals surface area contributed by atoms with Gasteiger partial charge in [-0.2, -0.15) is 0 Å². The minimum Gasteiger partial charge on any atom is -0.396 e. The Morgan fingerprint density at radius 3 is 1.40 bits per heavy atom. The van der Waals surface area contributed by atoms with Crippen LogP contribution in [0.1, 0.15) is 0 Å². The van der Waals surface area contributed by atoms with Crippen LogP contribution in [0.5, 0.6) is 0 Å². The summed E-state index contributed by atoms with van der Waals surface area (Å²) < 4.78 is 0. The van der Waals surface area contributed by atoms with Crippen molar-refractivity contribution >= 4 is 0 Å². The Labute approximate surface area is 61.5 Å². The smallest absolute Gasteiger partial charge is 0.0500 e. The van der Waals surface area contributed by atoms with Gasteiger partial charge in [0.25, 0.3) is 0 Å². The van der Waals surface area contributed by atoms with E-state index in [1.54, 1.807) is 12.2 Å². The standard InChI is InChI=1S/C8H14O2/c1-3-7(5-9)8(4-2)6-10/h3-4,7-10H,1-2,5-6H2/t7-,8+. The van der Waals surface area contributed by atoms with Crippen LogP contribution in [0.2, 0.25) is 0 Å². The lowest BCUT2D eigenvalue weighted by Gasteiger charge is -2.15. The SMILES string of the molecule is C=C[C@H](CO)[C@@H](C=C)CO. The van der Waals surface area contributed by atoms with E-state index in [2.05, 4.69) is 13.2 Å². The minimum absolute atomic E-state index is 0.0146. The van der Waals surface area contributed by atoms with Crippen LogP contribution in [0.25, 0.3) is 0 Å². The molecular weight excluding hydrogens is 128 g/mol. The molecule has 0 aliphatic heterocycles. The fourth-order valence-corrected chi connectivity index (χ4v) is 0.769. The molecule has 0 spiro atoms. The van der Waals surface area contributed by atoms with E-state index < -0.39 is 0 Å². The van der Waals surface area contributed by atoms with E-state index in [9.17, 15) is 0 Å². The Hall–Kier alpha value is -0.600. The van der Waals surface area contributed by atoms with E-state index in [1.807, 2.05) is 0 Å². The lowest BCUT2D eigenvalue weighted by molar-refractivity contribution is 0.171. The molecule has 0 aromatic rings. The highest BCUT2D eigenvalue weighted by molar-refractivity contribution is 4.92. The molecule has 2 N–H and O–H groups in total. The summed E-state index contributed by atoms with van der Waals surface area (Å²) in [5.41, 5.74) is 0. The van der Waals surface area contributed by atoms with Crippen LogP contribution in [-0.2, 0) is 0 Å². The van der Waals surface area contributed by atoms with Crippen molar-refractivity contribution in [2.24, 2.45) is 11.8 Å². The summed E-state index contributed by atoms with van der Waals surface area (Å²) in [6.45, 7) is 7.09. The molecule has 0 aliphatic rings. The monoisotopic (exact) mass is 142 g/mol. The first-order chi connectivity index (χ1) is 4.79. The van der Waals surface area contributed by atoms with Crippen molar-refractivity contribution in [3.8, 4) is 0 Å². The lowest BCUT2D eigenvalue weighted by atomic mass is 9.94. The third-order valence-corrected chi connectivity index (χ3v) is 1.58. The molecule has 0 radical (unpaired) electrons. The zero-order chi connectivity index (χ0) is 7.98. The number of hydrogen-bond acceptors (Lipinski definition) is 2. The predicted octanol–water partition coefficient (Wildman–Crippen LogP) is 0.575. The van der Waals surface area contributed by atoms with E-state index in [1.165, 1.54) is 0 Å². The molecule has 0 fully saturated rings. The molecule has 0 heterocycles. The maximum Gasteiger partial charge on any atom is 0.0500 e. The Balaban J connectivity index is 3.93. The summed E-state index contributed by atoms with van der Waals surface area (Å²) in [6.07, 6.45) is 3.26. The molecule has 0 rings (SSSR count). The third kappa shape index (κ3) is 2.33. The molecule has 0 aliphatic carbocycles. The first-order valence-electron chi connectivity index (χ1n) is 3.27. The van der Waals surface area contributed by atoms with Crippen LogP contribution >= 0.6 is 0 Å². The van der Waals surface area contributed by atoms with Gasteiger partial charge in [0.05, 0.1) is 0 Å². The molecule has 10 heavy (non-hydrogen) atoms. The van der Waals surface area contributed by atoms with Gasteiger partial charge < -0.3 is 10.2 Å². The molecule has 0 unspecified atom stereocenters. The van der Waals surface area contributed by atoms with Crippen molar-refractivity contribution in [1.29, 1.82) is 0 Å². The summed E-state index contributed by atoms with van der Waals surface area (Å²) in [6, 6.07) is 0. The molecule has 0 aromatic carbocycles. The normalized spacial score (nSPS) is 15.8. The molecule has 0 saturated heterocycles. The zero-order valence-corrected chi connectivity index (χ0v) is 6.03. The average molecular weight is 142 g/mol. The Morgan fingerprint density at radius 2 is 1.30 bits per heavy atom. The molecule has 0 bridgehead atoms. The largest absolute Gasteiger partial charge is 0.396 e. The molecular formula is C8H14O2. The maximum atomic E-state index is 8.73. The first kappa shape index (κ1) is 9.40. The van der Waals surface area contributed by atoms with Crippen LogP contribution in [0.15, 0.2) is 25.3 Å². The van der Waals surface area contributed by atoms with E-state index in [-0.39, 0.29) is 25.0 Å². The second kappa shape index (κ2) is 5.21. The number of aliphatic hydroxyl groups excluding tert-OH is 2. The van der Waals surface area contributed by atoms with Gasteiger partial charge in [-0.05, 0) is 0 Å². The second-order valence-corrected chi connectivity index (χ2v) is 2.16. The fourth-order valence-electron chi connectivity index (χ4n) is 0.769. The van der Waals surface area contributed by atoms with Gasteiger partial charge >= 0.3 is 0 Å². The highest BCUT2D eigenvalue weighted by Crippen LogP contribution is 2.12. The van der Waals surface area contributed by atoms with E-state index in [0.29, 0.717) is 0 Å². The molecule has 2 heteroatoms. The zero-order valence-electron chi connectivity index (χ0n) is 6.03. The van der Waals surface area contributed by atoms with Crippen molar-refractivity contribution in [2.75, 3.05) is 13.2 Å². The number of hydrogen-bond donors (Lipinski definition) is 2. The average Bonchev–Trinajstić information content (AvgIpc) is 2.00. The van der Waals surface area contributed by atoms with E-state index in [0.717, 1.165) is 0 Å². The number of rotatable bonds is 5. The summed E-state index contributed by atoms with van der Waals surface area (Å²) in [5.74, 6) is -0.134. The molecule has 0 saturated carbocycles. The molecule has 2 nitrogen and oxygen atoms in total. The van der Waals surface area contributed by atoms with Gasteiger partial charge in [-0.25, -0.2) is 0 Å². The maximum absolute atomic E-state index is 8.73. The quantitative estimate of drug-likeness (QED) is 0.551. The van der Waals surface area contributed by atoms with Gasteiger partial charge in [0.2, 0.25) is 0 Å². The Kier molecular flexibility index (Phi) is 4.89. The Morgan fingerprint density at radius 1 is 1.00 bits per heavy atom. The van der Waals surface area contributed by atoms with Gasteiger partial charge in [-0.15, -0.1) is 13.2 Å². The fraction of sp³-hybridized carbons (Fsp3) is 0.500. The van der Waals surface area contributed by atoms with Gasteiger partial charge in [0, 0.05) is 25.0 Å². The van der Waals surface area contributed by atoms with Crippen molar-refractivity contribution in [1.82, 2.24) is 0 Å². The minimum atomic E-state index is -0.0671. The van der Waals surface area contributed by atoms with Gasteiger partial charge in [0.15, 0.2) is 0 Å². The van der Waals surface area contributed by atoms with Crippen molar-refractivity contribution in [3.63, 3.8) is 0 Å². The van der Waals surface area contributed by atoms with Crippen LogP contribution in [0.3, 0.4) is 0 Å². The topological polar surface area (TPSA) is 40.5 Å². The van der Waals surface area contributed by atoms with Gasteiger partial charge in [-0.3, -0.25) is 0 Å². The molecule has 2 atom stereocenters. The highest BCUT2D eigenvalue weighted by Gasteiger charge is 2.12. The summed E-state index contributed by atoms with van der Waals surface area (Å²) in [4.78, 5) is 0. The van der Waals surface area contributed by atoms with Crippen molar-refractivity contribution < 1.29 is 10.2 Å². The summed E-state index contributed by atoms with van der Waals surface area (Å²) in [5, 5.41) is 17.5. The van der Waals surface area contributed by atoms with Crippen molar-refractivity contribution in [2.45, 2.75) is 0 Å². The van der Waals surface area contributed by atoms with Crippen LogP contribution in [-0.4, -0.2) is 23.4 Å². The molecule has 0 amide bonds. The van der Waals surface area contributed by atoms with Gasteiger partial charge in [-0.1, -0.05) is 12.2 Å².